The molecule has 1 atom stereocenters. The molecule has 8 heteroatoms. The molecule has 5 nitrogen and oxygen atoms in total. The van der Waals surface area contributed by atoms with E-state index in [0.717, 1.165) is 46.5 Å². The average molecular weight is 595 g/mol. The number of halogens is 3. The van der Waals surface area contributed by atoms with E-state index in [9.17, 15) is 15.0 Å². The van der Waals surface area contributed by atoms with Gasteiger partial charge in [-0.3, -0.25) is 4.79 Å². The lowest BCUT2D eigenvalue weighted by Gasteiger charge is -2.21. The molecular weight excluding hydrogens is 557 g/mol. The molecule has 0 spiro atoms. The molecule has 0 heterocycles. The van der Waals surface area contributed by atoms with Gasteiger partial charge in [-0.15, -0.1) is 0 Å². The van der Waals surface area contributed by atoms with Gasteiger partial charge in [0, 0.05) is 10.0 Å². The lowest BCUT2D eigenvalue weighted by molar-refractivity contribution is -0.123. The van der Waals surface area contributed by atoms with Gasteiger partial charge >= 0.3 is 0 Å². The molecule has 3 aromatic carbocycles. The summed E-state index contributed by atoms with van der Waals surface area (Å²) in [6.07, 6.45) is 3.08. The summed E-state index contributed by atoms with van der Waals surface area (Å²) >= 11 is 18.3. The Morgan fingerprint density at radius 3 is 2.21 bits per heavy atom. The topological polar surface area (TPSA) is 78.8 Å². The number of phenolic OH excluding ortho intramolecular Hbond substituents is 2. The highest BCUT2D eigenvalue weighted by Crippen LogP contribution is 2.39. The normalized spacial score (nSPS) is 11.4. The van der Waals surface area contributed by atoms with Crippen molar-refractivity contribution in [3.8, 4) is 17.2 Å². The highest BCUT2D eigenvalue weighted by molar-refractivity contribution is 6.37. The summed E-state index contributed by atoms with van der Waals surface area (Å²) in [6.45, 7) is 11.8. The van der Waals surface area contributed by atoms with Crippen molar-refractivity contribution in [2.75, 3.05) is 5.32 Å². The first-order chi connectivity index (χ1) is 18.4. The van der Waals surface area contributed by atoms with Crippen LogP contribution in [0.5, 0.6) is 17.2 Å². The summed E-state index contributed by atoms with van der Waals surface area (Å²) in [5.41, 5.74) is 4.75. The smallest absolute Gasteiger partial charge is 0.265 e. The minimum absolute atomic E-state index is 0.158. The van der Waals surface area contributed by atoms with Crippen molar-refractivity contribution in [1.29, 1.82) is 0 Å². The number of hydrogen-bond acceptors (Lipinski definition) is 4. The van der Waals surface area contributed by atoms with E-state index in [1.807, 2.05) is 52.8 Å². The zero-order valence-electron chi connectivity index (χ0n) is 23.4. The number of aryl methyl sites for hydroxylation is 4. The number of phenols is 2. The van der Waals surface area contributed by atoms with E-state index < -0.39 is 6.10 Å². The van der Waals surface area contributed by atoms with E-state index in [2.05, 4.69) is 12.2 Å². The molecule has 0 saturated carbocycles. The third kappa shape index (κ3) is 8.96. The average Bonchev–Trinajstić information content (AvgIpc) is 2.88. The van der Waals surface area contributed by atoms with Crippen LogP contribution in [0.4, 0.5) is 5.69 Å². The minimum atomic E-state index is -0.691. The van der Waals surface area contributed by atoms with Gasteiger partial charge in [-0.05, 0) is 93.0 Å². The fraction of sp³-hybridized carbons (Fsp3) is 0.387. The number of unbranched alkanes of at least 4 members (excludes halogenated alkanes) is 1. The molecule has 39 heavy (non-hydrogen) atoms. The van der Waals surface area contributed by atoms with Gasteiger partial charge in [0.1, 0.15) is 11.5 Å². The summed E-state index contributed by atoms with van der Waals surface area (Å²) in [7, 11) is 0. The molecule has 3 N–H and O–H groups in total. The molecule has 0 radical (unpaired) electrons. The Morgan fingerprint density at radius 1 is 0.923 bits per heavy atom. The molecule has 212 valence electrons. The molecule has 0 saturated heterocycles. The van der Waals surface area contributed by atoms with Crippen LogP contribution in [-0.4, -0.2) is 22.2 Å². The van der Waals surface area contributed by atoms with E-state index >= 15 is 0 Å². The Labute approximate surface area is 247 Å². The van der Waals surface area contributed by atoms with Gasteiger partial charge < -0.3 is 20.3 Å². The van der Waals surface area contributed by atoms with Crippen LogP contribution in [0.3, 0.4) is 0 Å². The van der Waals surface area contributed by atoms with Crippen molar-refractivity contribution in [3.05, 3.63) is 79.3 Å². The molecule has 0 bridgehead atoms. The molecule has 0 aliphatic heterocycles. The molecule has 0 fully saturated rings. The number of aromatic hydroxyl groups is 2. The van der Waals surface area contributed by atoms with Crippen molar-refractivity contribution in [2.45, 2.75) is 79.8 Å². The van der Waals surface area contributed by atoms with Gasteiger partial charge in [0.15, 0.2) is 11.9 Å². The van der Waals surface area contributed by atoms with Crippen molar-refractivity contribution in [1.82, 2.24) is 0 Å². The first kappa shape index (κ1) is 32.6. The number of nitrogens with one attached hydrogen (secondary N) is 1. The number of carbonyl (C=O) groups excluding carboxylic acids is 1. The van der Waals surface area contributed by atoms with Crippen LogP contribution in [0.15, 0.2) is 36.4 Å². The van der Waals surface area contributed by atoms with Crippen molar-refractivity contribution >= 4 is 46.4 Å². The summed E-state index contributed by atoms with van der Waals surface area (Å²) in [5, 5.41) is 23.7. The van der Waals surface area contributed by atoms with Gasteiger partial charge in [-0.2, -0.15) is 0 Å². The van der Waals surface area contributed by atoms with Crippen LogP contribution in [-0.2, 0) is 17.6 Å². The Bertz CT molecular complexity index is 1290. The van der Waals surface area contributed by atoms with Crippen LogP contribution in [0, 0.1) is 20.8 Å². The maximum atomic E-state index is 12.9. The Morgan fingerprint density at radius 2 is 1.62 bits per heavy atom. The van der Waals surface area contributed by atoms with Crippen LogP contribution in [0.1, 0.15) is 67.9 Å². The van der Waals surface area contributed by atoms with Crippen LogP contribution < -0.4 is 10.1 Å². The quantitative estimate of drug-likeness (QED) is 0.216. The first-order valence-electron chi connectivity index (χ1n) is 13.2. The maximum Gasteiger partial charge on any atom is 0.265 e. The van der Waals surface area contributed by atoms with Crippen molar-refractivity contribution in [3.63, 3.8) is 0 Å². The van der Waals surface area contributed by atoms with Gasteiger partial charge in [-0.1, -0.05) is 79.7 Å². The standard InChI is InChI=1S/C22H27Cl2NO3.C9H11ClO/c1-5-7-8-19(28-18-10-9-13(3)11-14(18)4)22(27)25-17-12-16(23)15(6-2)20(24)21(17)26;1-3-7-5-9(11)6(2)4-8(7)10/h9-12,19,26H,5-8H2,1-4H3,(H,25,27);4-5,11H,3H2,1-2H3. The maximum absolute atomic E-state index is 12.9. The Hall–Kier alpha value is -2.60. The van der Waals surface area contributed by atoms with E-state index in [-0.39, 0.29) is 22.4 Å². The fourth-order valence-electron chi connectivity index (χ4n) is 3.97. The van der Waals surface area contributed by atoms with E-state index in [1.54, 1.807) is 12.1 Å². The van der Waals surface area contributed by atoms with Crippen molar-refractivity contribution < 1.29 is 19.7 Å². The molecule has 0 aliphatic carbocycles. The summed E-state index contributed by atoms with van der Waals surface area (Å²) in [6, 6.07) is 10.9. The minimum Gasteiger partial charge on any atom is -0.508 e. The molecule has 1 amide bonds. The second-order valence-electron chi connectivity index (χ2n) is 9.49. The van der Waals surface area contributed by atoms with Gasteiger partial charge in [0.2, 0.25) is 0 Å². The largest absolute Gasteiger partial charge is 0.508 e. The Kier molecular flexibility index (Phi) is 12.8. The zero-order valence-corrected chi connectivity index (χ0v) is 25.7. The number of amides is 1. The third-order valence-electron chi connectivity index (χ3n) is 6.36. The third-order valence-corrected chi connectivity index (χ3v) is 7.45. The predicted molar refractivity (Wildman–Crippen MR) is 163 cm³/mol. The second-order valence-corrected chi connectivity index (χ2v) is 10.7. The number of hydrogen-bond donors (Lipinski definition) is 3. The molecule has 3 aromatic rings. The highest BCUT2D eigenvalue weighted by Gasteiger charge is 2.23. The van der Waals surface area contributed by atoms with E-state index in [1.165, 1.54) is 6.07 Å². The number of rotatable bonds is 9. The second kappa shape index (κ2) is 15.3. The molecule has 0 aliphatic rings. The SMILES string of the molecule is CCCCC(Oc1ccc(C)cc1C)C(=O)Nc1cc(Cl)c(CC)c(Cl)c1O.CCc1cc(O)c(C)cc1Cl. The van der Waals surface area contributed by atoms with Gasteiger partial charge in [0.05, 0.1) is 10.7 Å². The highest BCUT2D eigenvalue weighted by atomic mass is 35.5. The van der Waals surface area contributed by atoms with Crippen molar-refractivity contribution in [2.24, 2.45) is 0 Å². The Balaban J connectivity index is 0.000000404. The summed E-state index contributed by atoms with van der Waals surface area (Å²) in [5.74, 6) is 0.465. The monoisotopic (exact) mass is 593 g/mol. The van der Waals surface area contributed by atoms with Crippen LogP contribution in [0.2, 0.25) is 15.1 Å². The lowest BCUT2D eigenvalue weighted by atomic mass is 10.1. The predicted octanol–water partition coefficient (Wildman–Crippen LogP) is 9.37. The zero-order chi connectivity index (χ0) is 29.3. The summed E-state index contributed by atoms with van der Waals surface area (Å²) in [4.78, 5) is 12.9. The van der Waals surface area contributed by atoms with Crippen LogP contribution >= 0.6 is 34.8 Å². The number of ether oxygens (including phenoxy) is 1. The van der Waals surface area contributed by atoms with E-state index in [0.29, 0.717) is 34.9 Å². The van der Waals surface area contributed by atoms with E-state index in [4.69, 9.17) is 39.5 Å². The summed E-state index contributed by atoms with van der Waals surface area (Å²) < 4.78 is 6.02. The first-order valence-corrected chi connectivity index (χ1v) is 14.3. The number of anilines is 1. The van der Waals surface area contributed by atoms with Gasteiger partial charge in [0.25, 0.3) is 5.91 Å². The van der Waals surface area contributed by atoms with Crippen LogP contribution in [0.25, 0.3) is 0 Å². The number of benzene rings is 3. The molecule has 3 rings (SSSR count). The molecule has 0 aromatic heterocycles. The lowest BCUT2D eigenvalue weighted by Crippen LogP contribution is -2.33. The molecule has 1 unspecified atom stereocenters. The number of carbonyl (C=O) groups is 1. The fourth-order valence-corrected chi connectivity index (χ4v) is 5.05. The van der Waals surface area contributed by atoms with Gasteiger partial charge in [-0.25, -0.2) is 0 Å². The molecular formula is C31H38Cl3NO4.